The van der Waals surface area contributed by atoms with Crippen LogP contribution in [-0.2, 0) is 17.3 Å². The third kappa shape index (κ3) is 8.86. The van der Waals surface area contributed by atoms with Gasteiger partial charge >= 0.3 is 0 Å². The number of nitrogens with zero attached hydrogens (tertiary/aromatic N) is 2. The summed E-state index contributed by atoms with van der Waals surface area (Å²) in [6.45, 7) is 6.19. The molecule has 1 saturated heterocycles. The van der Waals surface area contributed by atoms with E-state index in [0.29, 0.717) is 18.3 Å². The first-order chi connectivity index (χ1) is 14.6. The Hall–Kier alpha value is -1.52. The molecule has 8 heteroatoms. The average Bonchev–Trinajstić information content (AvgIpc) is 2.77. The molecular formula is C23H32FIN4OS. The second kappa shape index (κ2) is 13.8. The predicted molar refractivity (Wildman–Crippen MR) is 137 cm³/mol. The fourth-order valence-electron chi connectivity index (χ4n) is 3.53. The van der Waals surface area contributed by atoms with Crippen molar-refractivity contribution in [2.75, 3.05) is 31.9 Å². The highest BCUT2D eigenvalue weighted by Crippen LogP contribution is 2.14. The molecule has 0 bridgehead atoms. The zero-order chi connectivity index (χ0) is 21.2. The Morgan fingerprint density at radius 1 is 1.13 bits per heavy atom. The maximum Gasteiger partial charge on any atom is 0.191 e. The lowest BCUT2D eigenvalue weighted by atomic mass is 10.0. The molecule has 2 N–H and O–H groups in total. The molecule has 1 heterocycles. The first-order valence-corrected chi connectivity index (χ1v) is 11.9. The number of rotatable bonds is 8. The third-order valence-electron chi connectivity index (χ3n) is 5.14. The molecule has 0 aromatic heterocycles. The molecule has 3 rings (SSSR count). The summed E-state index contributed by atoms with van der Waals surface area (Å²) in [6.07, 6.45) is 2.06. The van der Waals surface area contributed by atoms with E-state index in [1.165, 1.54) is 12.1 Å². The van der Waals surface area contributed by atoms with Crippen LogP contribution < -0.4 is 10.6 Å². The highest BCUT2D eigenvalue weighted by atomic mass is 127. The molecule has 1 unspecified atom stereocenters. The van der Waals surface area contributed by atoms with Gasteiger partial charge in [0.15, 0.2) is 5.96 Å². The Bertz CT molecular complexity index is 827. The largest absolute Gasteiger partial charge is 0.357 e. The third-order valence-corrected chi connectivity index (χ3v) is 6.50. The van der Waals surface area contributed by atoms with Gasteiger partial charge in [-0.1, -0.05) is 30.3 Å². The van der Waals surface area contributed by atoms with Crippen LogP contribution in [-0.4, -0.2) is 53.0 Å². The van der Waals surface area contributed by atoms with Crippen LogP contribution >= 0.6 is 24.0 Å². The van der Waals surface area contributed by atoms with Crippen LogP contribution in [0.25, 0.3) is 0 Å². The van der Waals surface area contributed by atoms with E-state index in [-0.39, 0.29) is 29.8 Å². The minimum Gasteiger partial charge on any atom is -0.357 e. The number of piperidine rings is 1. The monoisotopic (exact) mass is 558 g/mol. The minimum atomic E-state index is -1.03. The number of halogens is 2. The quantitative estimate of drug-likeness (QED) is 0.295. The molecule has 1 atom stereocenters. The lowest BCUT2D eigenvalue weighted by molar-refractivity contribution is 0.198. The van der Waals surface area contributed by atoms with Crippen molar-refractivity contribution in [1.82, 2.24) is 15.5 Å². The van der Waals surface area contributed by atoms with Gasteiger partial charge in [0, 0.05) is 42.9 Å². The summed E-state index contributed by atoms with van der Waals surface area (Å²) in [5.74, 6) is 1.11. The van der Waals surface area contributed by atoms with E-state index in [9.17, 15) is 8.60 Å². The summed E-state index contributed by atoms with van der Waals surface area (Å²) in [5.41, 5.74) is 1.14. The second-order valence-corrected chi connectivity index (χ2v) is 9.02. The fourth-order valence-corrected chi connectivity index (χ4v) is 4.48. The van der Waals surface area contributed by atoms with E-state index in [4.69, 9.17) is 0 Å². The van der Waals surface area contributed by atoms with E-state index < -0.39 is 10.8 Å². The molecule has 2 aromatic rings. The first-order valence-electron chi connectivity index (χ1n) is 10.6. The second-order valence-electron chi connectivity index (χ2n) is 7.44. The van der Waals surface area contributed by atoms with Gasteiger partial charge in [-0.15, -0.1) is 24.0 Å². The molecule has 1 aliphatic heterocycles. The van der Waals surface area contributed by atoms with Gasteiger partial charge in [-0.05, 0) is 49.6 Å². The lowest BCUT2D eigenvalue weighted by Crippen LogP contribution is -2.48. The van der Waals surface area contributed by atoms with E-state index >= 15 is 0 Å². The summed E-state index contributed by atoms with van der Waals surface area (Å²) >= 11 is 0. The van der Waals surface area contributed by atoms with Crippen molar-refractivity contribution in [2.45, 2.75) is 37.2 Å². The smallest absolute Gasteiger partial charge is 0.191 e. The van der Waals surface area contributed by atoms with Gasteiger partial charge < -0.3 is 10.6 Å². The molecule has 0 amide bonds. The van der Waals surface area contributed by atoms with Crippen LogP contribution in [0.5, 0.6) is 0 Å². The zero-order valence-electron chi connectivity index (χ0n) is 17.9. The molecule has 31 heavy (non-hydrogen) atoms. The Labute approximate surface area is 204 Å². The summed E-state index contributed by atoms with van der Waals surface area (Å²) < 4.78 is 25.4. The number of likely N-dealkylation sites (tertiary alicyclic amines) is 1. The normalized spacial score (nSPS) is 16.4. The van der Waals surface area contributed by atoms with Crippen LogP contribution in [0.15, 0.2) is 64.5 Å². The van der Waals surface area contributed by atoms with E-state index in [2.05, 4.69) is 20.5 Å². The standard InChI is InChI=1S/C23H31FN4OS.HI/c1-2-25-23(26-14-17-30(29)22-6-4-3-5-7-22)27-21-12-15-28(16-13-21)18-19-8-10-20(24)11-9-19;/h3-11,21H,2,12-18H2,1H3,(H2,25,26,27);1H. The molecule has 5 nitrogen and oxygen atoms in total. The predicted octanol–water partition coefficient (Wildman–Crippen LogP) is 3.77. The summed E-state index contributed by atoms with van der Waals surface area (Å²) in [7, 11) is -1.03. The number of hydrogen-bond donors (Lipinski definition) is 2. The number of guanidine groups is 1. The minimum absolute atomic E-state index is 0. The number of benzene rings is 2. The first kappa shape index (κ1) is 25.7. The molecule has 170 valence electrons. The van der Waals surface area contributed by atoms with Gasteiger partial charge in [-0.25, -0.2) is 4.39 Å². The maximum atomic E-state index is 13.1. The average molecular weight is 559 g/mol. The fraction of sp³-hybridized carbons (Fsp3) is 0.435. The van der Waals surface area contributed by atoms with Crippen LogP contribution in [0, 0.1) is 5.82 Å². The SMILES string of the molecule is CCNC(=NCCS(=O)c1ccccc1)NC1CCN(Cc2ccc(F)cc2)CC1.I. The summed E-state index contributed by atoms with van der Waals surface area (Å²) in [6, 6.07) is 16.6. The van der Waals surface area contributed by atoms with Crippen LogP contribution in [0.2, 0.25) is 0 Å². The van der Waals surface area contributed by atoms with Gasteiger partial charge in [0.2, 0.25) is 0 Å². The van der Waals surface area contributed by atoms with Gasteiger partial charge in [0.25, 0.3) is 0 Å². The van der Waals surface area contributed by atoms with Crippen LogP contribution in [0.3, 0.4) is 0 Å². The zero-order valence-corrected chi connectivity index (χ0v) is 21.1. The van der Waals surface area contributed by atoms with E-state index in [0.717, 1.165) is 55.4 Å². The van der Waals surface area contributed by atoms with Gasteiger partial charge in [0.05, 0.1) is 17.3 Å². The molecule has 0 aliphatic carbocycles. The molecule has 1 fully saturated rings. The van der Waals surface area contributed by atoms with Gasteiger partial charge in [-0.3, -0.25) is 14.1 Å². The van der Waals surface area contributed by atoms with Crippen molar-refractivity contribution >= 4 is 40.7 Å². The van der Waals surface area contributed by atoms with Crippen molar-refractivity contribution < 1.29 is 8.60 Å². The van der Waals surface area contributed by atoms with Crippen LogP contribution in [0.4, 0.5) is 4.39 Å². The molecule has 2 aromatic carbocycles. The molecule has 1 aliphatic rings. The van der Waals surface area contributed by atoms with Gasteiger partial charge in [0.1, 0.15) is 5.82 Å². The van der Waals surface area contributed by atoms with Crippen molar-refractivity contribution in [3.8, 4) is 0 Å². The molecular weight excluding hydrogens is 526 g/mol. The Morgan fingerprint density at radius 3 is 2.45 bits per heavy atom. The van der Waals surface area contributed by atoms with Crippen molar-refractivity contribution in [3.05, 3.63) is 66.0 Å². The topological polar surface area (TPSA) is 56.7 Å². The highest BCUT2D eigenvalue weighted by molar-refractivity contribution is 14.0. The van der Waals surface area contributed by atoms with Crippen molar-refractivity contribution in [3.63, 3.8) is 0 Å². The number of nitrogens with one attached hydrogen (secondary N) is 2. The lowest BCUT2D eigenvalue weighted by Gasteiger charge is -2.33. The maximum absolute atomic E-state index is 13.1. The number of hydrogen-bond acceptors (Lipinski definition) is 3. The van der Waals surface area contributed by atoms with E-state index in [1.54, 1.807) is 0 Å². The number of aliphatic imine (C=N–C) groups is 1. The molecule has 0 spiro atoms. The van der Waals surface area contributed by atoms with E-state index in [1.807, 2.05) is 49.4 Å². The van der Waals surface area contributed by atoms with Gasteiger partial charge in [-0.2, -0.15) is 0 Å². The summed E-state index contributed by atoms with van der Waals surface area (Å²) in [5, 5.41) is 6.82. The Balaban J connectivity index is 0.00000341. The highest BCUT2D eigenvalue weighted by Gasteiger charge is 2.20. The molecule has 0 saturated carbocycles. The van der Waals surface area contributed by atoms with Crippen molar-refractivity contribution in [2.24, 2.45) is 4.99 Å². The van der Waals surface area contributed by atoms with Crippen molar-refractivity contribution in [1.29, 1.82) is 0 Å². The Morgan fingerprint density at radius 2 is 1.81 bits per heavy atom. The summed E-state index contributed by atoms with van der Waals surface area (Å²) in [4.78, 5) is 7.87. The Kier molecular flexibility index (Phi) is 11.5. The van der Waals surface area contributed by atoms with Crippen LogP contribution in [0.1, 0.15) is 25.3 Å². The molecule has 0 radical (unpaired) electrons.